The lowest BCUT2D eigenvalue weighted by Gasteiger charge is -2.15. The summed E-state index contributed by atoms with van der Waals surface area (Å²) in [6, 6.07) is 12.8. The van der Waals surface area contributed by atoms with Crippen LogP contribution in [0.4, 0.5) is 5.69 Å². The summed E-state index contributed by atoms with van der Waals surface area (Å²) in [5, 5.41) is 0. The average Bonchev–Trinajstić information content (AvgIpc) is 2.49. The molecule has 0 aromatic heterocycles. The molecule has 4 nitrogen and oxygen atoms in total. The Bertz CT molecular complexity index is 650. The molecule has 2 aromatic carbocycles. The number of nitrogen functional groups attached to an aromatic ring is 1. The van der Waals surface area contributed by atoms with Crippen LogP contribution in [0.2, 0.25) is 0 Å². The van der Waals surface area contributed by atoms with E-state index in [0.717, 1.165) is 11.3 Å². The monoisotopic (exact) mass is 285 g/mol. The standard InChI is InChI=1S/C17H19NO3/c1-11(2)12-7-4-5-9-14(12)21-15-10-6-8-13(16(15)18)17(19)20-3/h4-11H,18H2,1-3H3. The van der Waals surface area contributed by atoms with Gasteiger partial charge in [0.1, 0.15) is 5.75 Å². The van der Waals surface area contributed by atoms with Crippen molar-refractivity contribution in [1.29, 1.82) is 0 Å². The van der Waals surface area contributed by atoms with Crippen molar-refractivity contribution in [3.8, 4) is 11.5 Å². The van der Waals surface area contributed by atoms with Crippen molar-refractivity contribution in [2.24, 2.45) is 0 Å². The third-order valence-electron chi connectivity index (χ3n) is 3.23. The highest BCUT2D eigenvalue weighted by Gasteiger charge is 2.15. The number of rotatable bonds is 4. The number of esters is 1. The first-order chi connectivity index (χ1) is 10.0. The molecule has 0 saturated heterocycles. The first kappa shape index (κ1) is 14.9. The molecule has 0 spiro atoms. The molecule has 0 saturated carbocycles. The summed E-state index contributed by atoms with van der Waals surface area (Å²) in [6.07, 6.45) is 0. The fourth-order valence-corrected chi connectivity index (χ4v) is 2.09. The normalized spacial score (nSPS) is 10.5. The minimum Gasteiger partial charge on any atom is -0.465 e. The lowest BCUT2D eigenvalue weighted by atomic mass is 10.0. The van der Waals surface area contributed by atoms with Gasteiger partial charge in [-0.2, -0.15) is 0 Å². The van der Waals surface area contributed by atoms with Gasteiger partial charge in [-0.1, -0.05) is 38.1 Å². The molecule has 2 rings (SSSR count). The second-order valence-corrected chi connectivity index (χ2v) is 5.00. The van der Waals surface area contributed by atoms with Crippen LogP contribution in [-0.4, -0.2) is 13.1 Å². The highest BCUT2D eigenvalue weighted by Crippen LogP contribution is 2.34. The van der Waals surface area contributed by atoms with Crippen molar-refractivity contribution >= 4 is 11.7 Å². The molecule has 0 aliphatic carbocycles. The van der Waals surface area contributed by atoms with Crippen LogP contribution in [0, 0.1) is 0 Å². The average molecular weight is 285 g/mol. The van der Waals surface area contributed by atoms with E-state index in [1.165, 1.54) is 7.11 Å². The zero-order valence-corrected chi connectivity index (χ0v) is 12.4. The van der Waals surface area contributed by atoms with Crippen LogP contribution in [0.5, 0.6) is 11.5 Å². The highest BCUT2D eigenvalue weighted by atomic mass is 16.5. The fourth-order valence-electron chi connectivity index (χ4n) is 2.09. The second kappa shape index (κ2) is 6.31. The first-order valence-electron chi connectivity index (χ1n) is 6.78. The summed E-state index contributed by atoms with van der Waals surface area (Å²) in [5.41, 5.74) is 7.67. The van der Waals surface area contributed by atoms with E-state index in [9.17, 15) is 4.79 Å². The molecule has 0 aliphatic rings. The third kappa shape index (κ3) is 3.16. The largest absolute Gasteiger partial charge is 0.465 e. The van der Waals surface area contributed by atoms with Crippen LogP contribution >= 0.6 is 0 Å². The third-order valence-corrected chi connectivity index (χ3v) is 3.23. The number of nitrogens with two attached hydrogens (primary N) is 1. The van der Waals surface area contributed by atoms with Crippen molar-refractivity contribution in [3.05, 3.63) is 53.6 Å². The van der Waals surface area contributed by atoms with Gasteiger partial charge in [0.2, 0.25) is 0 Å². The SMILES string of the molecule is COC(=O)c1cccc(Oc2ccccc2C(C)C)c1N. The predicted octanol–water partition coefficient (Wildman–Crippen LogP) is 3.97. The number of para-hydroxylation sites is 2. The Hall–Kier alpha value is -2.49. The number of benzene rings is 2. The smallest absolute Gasteiger partial charge is 0.340 e. The molecule has 0 heterocycles. The molecule has 0 radical (unpaired) electrons. The minimum absolute atomic E-state index is 0.280. The van der Waals surface area contributed by atoms with Gasteiger partial charge in [0.05, 0.1) is 18.4 Å². The van der Waals surface area contributed by atoms with Gasteiger partial charge >= 0.3 is 5.97 Å². The van der Waals surface area contributed by atoms with Gasteiger partial charge in [-0.05, 0) is 29.7 Å². The summed E-state index contributed by atoms with van der Waals surface area (Å²) >= 11 is 0. The molecule has 0 fully saturated rings. The number of ether oxygens (including phenoxy) is 2. The Labute approximate surface area is 124 Å². The van der Waals surface area contributed by atoms with Gasteiger partial charge in [0.15, 0.2) is 5.75 Å². The molecule has 0 atom stereocenters. The molecule has 110 valence electrons. The van der Waals surface area contributed by atoms with Crippen molar-refractivity contribution in [3.63, 3.8) is 0 Å². The quantitative estimate of drug-likeness (QED) is 0.682. The number of anilines is 1. The first-order valence-corrected chi connectivity index (χ1v) is 6.78. The van der Waals surface area contributed by atoms with E-state index in [2.05, 4.69) is 13.8 Å². The Morgan fingerprint density at radius 2 is 1.71 bits per heavy atom. The van der Waals surface area contributed by atoms with E-state index < -0.39 is 5.97 Å². The van der Waals surface area contributed by atoms with Crippen LogP contribution in [-0.2, 0) is 4.74 Å². The summed E-state index contributed by atoms with van der Waals surface area (Å²) in [6.45, 7) is 4.19. The molecule has 0 aliphatic heterocycles. The summed E-state index contributed by atoms with van der Waals surface area (Å²) in [7, 11) is 1.32. The topological polar surface area (TPSA) is 61.5 Å². The zero-order chi connectivity index (χ0) is 15.4. The van der Waals surface area contributed by atoms with Gasteiger partial charge < -0.3 is 15.2 Å². The van der Waals surface area contributed by atoms with E-state index in [1.54, 1.807) is 18.2 Å². The molecule has 0 amide bonds. The maximum atomic E-state index is 11.7. The van der Waals surface area contributed by atoms with Crippen LogP contribution in [0.3, 0.4) is 0 Å². The molecule has 2 aromatic rings. The molecule has 0 bridgehead atoms. The maximum absolute atomic E-state index is 11.7. The maximum Gasteiger partial charge on any atom is 0.340 e. The van der Waals surface area contributed by atoms with Crippen LogP contribution < -0.4 is 10.5 Å². The summed E-state index contributed by atoms with van der Waals surface area (Å²) < 4.78 is 10.6. The lowest BCUT2D eigenvalue weighted by Crippen LogP contribution is -2.06. The number of hydrogen-bond acceptors (Lipinski definition) is 4. The predicted molar refractivity (Wildman–Crippen MR) is 82.8 cm³/mol. The van der Waals surface area contributed by atoms with Crippen LogP contribution in [0.1, 0.15) is 35.7 Å². The second-order valence-electron chi connectivity index (χ2n) is 5.00. The molecule has 0 unspecified atom stereocenters. The number of hydrogen-bond donors (Lipinski definition) is 1. The summed E-state index contributed by atoms with van der Waals surface area (Å²) in [4.78, 5) is 11.7. The zero-order valence-electron chi connectivity index (χ0n) is 12.4. The van der Waals surface area contributed by atoms with Gasteiger partial charge in [-0.3, -0.25) is 0 Å². The van der Waals surface area contributed by atoms with Gasteiger partial charge in [0, 0.05) is 0 Å². The molecule has 4 heteroatoms. The fraction of sp³-hybridized carbons (Fsp3) is 0.235. The number of methoxy groups -OCH3 is 1. The van der Waals surface area contributed by atoms with E-state index in [-0.39, 0.29) is 5.69 Å². The number of carbonyl (C=O) groups is 1. The van der Waals surface area contributed by atoms with E-state index in [1.807, 2.05) is 24.3 Å². The molecule has 21 heavy (non-hydrogen) atoms. The Morgan fingerprint density at radius 1 is 1.05 bits per heavy atom. The molecular weight excluding hydrogens is 266 g/mol. The lowest BCUT2D eigenvalue weighted by molar-refractivity contribution is 0.0601. The van der Waals surface area contributed by atoms with Crippen molar-refractivity contribution in [2.75, 3.05) is 12.8 Å². The Balaban J connectivity index is 2.39. The summed E-state index contributed by atoms with van der Waals surface area (Å²) in [5.74, 6) is 1.04. The van der Waals surface area contributed by atoms with Crippen LogP contribution in [0.15, 0.2) is 42.5 Å². The van der Waals surface area contributed by atoms with E-state index in [4.69, 9.17) is 15.2 Å². The highest BCUT2D eigenvalue weighted by molar-refractivity contribution is 5.96. The van der Waals surface area contributed by atoms with Gasteiger partial charge in [-0.25, -0.2) is 4.79 Å². The van der Waals surface area contributed by atoms with Gasteiger partial charge in [0.25, 0.3) is 0 Å². The Morgan fingerprint density at radius 3 is 2.38 bits per heavy atom. The van der Waals surface area contributed by atoms with E-state index in [0.29, 0.717) is 17.2 Å². The van der Waals surface area contributed by atoms with Crippen molar-refractivity contribution in [2.45, 2.75) is 19.8 Å². The number of carbonyl (C=O) groups excluding carboxylic acids is 1. The molecular formula is C17H19NO3. The Kier molecular flexibility index (Phi) is 4.48. The minimum atomic E-state index is -0.477. The van der Waals surface area contributed by atoms with E-state index >= 15 is 0 Å². The van der Waals surface area contributed by atoms with Gasteiger partial charge in [-0.15, -0.1) is 0 Å². The molecule has 2 N–H and O–H groups in total. The van der Waals surface area contributed by atoms with Crippen LogP contribution in [0.25, 0.3) is 0 Å². The van der Waals surface area contributed by atoms with Crippen molar-refractivity contribution in [1.82, 2.24) is 0 Å². The van der Waals surface area contributed by atoms with Crippen molar-refractivity contribution < 1.29 is 14.3 Å².